The minimum Gasteiger partial charge on any atom is -0.379 e. The fourth-order valence-corrected chi connectivity index (χ4v) is 3.05. The first-order chi connectivity index (χ1) is 8.74. The highest BCUT2D eigenvalue weighted by Crippen LogP contribution is 2.23. The van der Waals surface area contributed by atoms with Crippen LogP contribution in [0.3, 0.4) is 0 Å². The van der Waals surface area contributed by atoms with E-state index < -0.39 is 0 Å². The summed E-state index contributed by atoms with van der Waals surface area (Å²) in [6.07, 6.45) is 1.05. The number of thiophene rings is 1. The highest BCUT2D eigenvalue weighted by atomic mass is 79.9. The summed E-state index contributed by atoms with van der Waals surface area (Å²) in [7, 11) is 0. The van der Waals surface area contributed by atoms with Gasteiger partial charge in [-0.25, -0.2) is 0 Å². The lowest BCUT2D eigenvalue weighted by Crippen LogP contribution is -2.01. The Morgan fingerprint density at radius 3 is 2.94 bits per heavy atom. The maximum Gasteiger partial charge on any atom is 0.101 e. The number of hydrogen-bond acceptors (Lipinski definition) is 3. The van der Waals surface area contributed by atoms with Crippen LogP contribution >= 0.6 is 27.3 Å². The lowest BCUT2D eigenvalue weighted by molar-refractivity contribution is 1.08. The van der Waals surface area contributed by atoms with Crippen LogP contribution < -0.4 is 5.32 Å². The minimum absolute atomic E-state index is 0.674. The van der Waals surface area contributed by atoms with Crippen LogP contribution in [0.15, 0.2) is 34.1 Å². The van der Waals surface area contributed by atoms with E-state index in [1.165, 1.54) is 10.4 Å². The van der Waals surface area contributed by atoms with E-state index >= 15 is 0 Å². The van der Waals surface area contributed by atoms with Crippen LogP contribution in [0.25, 0.3) is 0 Å². The Hall–Kier alpha value is -1.31. The fraction of sp³-hybridized carbons (Fsp3) is 0.214. The van der Waals surface area contributed by atoms with Gasteiger partial charge in [0.1, 0.15) is 6.07 Å². The second kappa shape index (κ2) is 6.03. The number of nitrogens with zero attached hydrogens (tertiary/aromatic N) is 1. The molecule has 0 unspecified atom stereocenters. The van der Waals surface area contributed by atoms with Crippen molar-refractivity contribution in [2.75, 3.05) is 5.32 Å². The highest BCUT2D eigenvalue weighted by molar-refractivity contribution is 9.10. The third kappa shape index (κ3) is 2.92. The van der Waals surface area contributed by atoms with Crippen molar-refractivity contribution in [2.45, 2.75) is 19.9 Å². The Balaban J connectivity index is 2.15. The maximum atomic E-state index is 9.06. The molecule has 2 aromatic rings. The average molecular weight is 321 g/mol. The second-order valence-corrected chi connectivity index (χ2v) is 5.79. The van der Waals surface area contributed by atoms with Crippen molar-refractivity contribution in [3.8, 4) is 6.07 Å². The molecule has 0 radical (unpaired) electrons. The van der Waals surface area contributed by atoms with E-state index in [4.69, 9.17) is 5.26 Å². The van der Waals surface area contributed by atoms with Crippen LogP contribution in [-0.2, 0) is 13.0 Å². The molecule has 2 nitrogen and oxygen atoms in total. The Morgan fingerprint density at radius 2 is 2.22 bits per heavy atom. The molecule has 1 aromatic carbocycles. The van der Waals surface area contributed by atoms with Crippen molar-refractivity contribution >= 4 is 33.0 Å². The molecule has 2 rings (SSSR count). The van der Waals surface area contributed by atoms with Gasteiger partial charge < -0.3 is 5.32 Å². The molecule has 4 heteroatoms. The van der Waals surface area contributed by atoms with Crippen LogP contribution in [-0.4, -0.2) is 0 Å². The van der Waals surface area contributed by atoms with Gasteiger partial charge in [0, 0.05) is 15.9 Å². The number of benzene rings is 1. The molecule has 1 N–H and O–H groups in total. The molecule has 0 bridgehead atoms. The van der Waals surface area contributed by atoms with Gasteiger partial charge in [0.2, 0.25) is 0 Å². The van der Waals surface area contributed by atoms with Crippen molar-refractivity contribution in [3.05, 3.63) is 50.1 Å². The minimum atomic E-state index is 0.674. The Labute approximate surface area is 119 Å². The van der Waals surface area contributed by atoms with Crippen LogP contribution in [0.1, 0.15) is 22.9 Å². The highest BCUT2D eigenvalue weighted by Gasteiger charge is 2.05. The average Bonchev–Trinajstić information content (AvgIpc) is 2.84. The summed E-state index contributed by atoms with van der Waals surface area (Å²) in [6, 6.07) is 10.0. The van der Waals surface area contributed by atoms with Gasteiger partial charge >= 0.3 is 0 Å². The first-order valence-corrected chi connectivity index (χ1v) is 7.40. The molecule has 0 spiro atoms. The first-order valence-electron chi connectivity index (χ1n) is 5.73. The Bertz CT molecular complexity index is 584. The van der Waals surface area contributed by atoms with E-state index in [1.807, 2.05) is 18.2 Å². The normalized spacial score (nSPS) is 10.1. The molecule has 1 heterocycles. The fourth-order valence-electron chi connectivity index (χ4n) is 1.77. The van der Waals surface area contributed by atoms with Gasteiger partial charge in [0.15, 0.2) is 0 Å². The van der Waals surface area contributed by atoms with Gasteiger partial charge in [-0.3, -0.25) is 0 Å². The molecule has 0 aliphatic rings. The summed E-state index contributed by atoms with van der Waals surface area (Å²) in [5.41, 5.74) is 2.93. The molecule has 92 valence electrons. The zero-order valence-electron chi connectivity index (χ0n) is 10.0. The monoisotopic (exact) mass is 320 g/mol. The zero-order valence-corrected chi connectivity index (χ0v) is 12.4. The number of nitriles is 1. The van der Waals surface area contributed by atoms with Crippen molar-refractivity contribution in [2.24, 2.45) is 0 Å². The molecule has 0 aliphatic heterocycles. The van der Waals surface area contributed by atoms with E-state index in [0.29, 0.717) is 5.56 Å². The van der Waals surface area contributed by atoms with Crippen LogP contribution in [0.5, 0.6) is 0 Å². The van der Waals surface area contributed by atoms with Gasteiger partial charge in [0.25, 0.3) is 0 Å². The van der Waals surface area contributed by atoms with Crippen molar-refractivity contribution in [1.29, 1.82) is 5.26 Å². The number of nitrogens with one attached hydrogen (secondary N) is 1. The molecule has 0 aliphatic carbocycles. The van der Waals surface area contributed by atoms with Crippen molar-refractivity contribution in [3.63, 3.8) is 0 Å². The summed E-state index contributed by atoms with van der Waals surface area (Å²) < 4.78 is 0.978. The molecular formula is C14H13BrN2S. The van der Waals surface area contributed by atoms with Crippen molar-refractivity contribution in [1.82, 2.24) is 0 Å². The van der Waals surface area contributed by atoms with E-state index in [0.717, 1.165) is 23.1 Å². The van der Waals surface area contributed by atoms with Gasteiger partial charge in [-0.1, -0.05) is 22.9 Å². The number of rotatable bonds is 4. The zero-order chi connectivity index (χ0) is 13.0. The molecule has 0 amide bonds. The van der Waals surface area contributed by atoms with E-state index in [-0.39, 0.29) is 0 Å². The van der Waals surface area contributed by atoms with Crippen molar-refractivity contribution < 1.29 is 0 Å². The number of halogens is 1. The van der Waals surface area contributed by atoms with Gasteiger partial charge in [0.05, 0.1) is 11.3 Å². The standard InChI is InChI=1S/C14H13BrN2S/c1-2-10-5-6-18-14(10)9-17-13-7-12(15)4-3-11(13)8-16/h3-7,17H,2,9H2,1H3. The molecule has 1 aromatic heterocycles. The number of anilines is 1. The predicted octanol–water partition coefficient (Wildman–Crippen LogP) is 4.56. The maximum absolute atomic E-state index is 9.06. The van der Waals surface area contributed by atoms with Crippen LogP contribution in [0.4, 0.5) is 5.69 Å². The van der Waals surface area contributed by atoms with Crippen LogP contribution in [0.2, 0.25) is 0 Å². The lowest BCUT2D eigenvalue weighted by Gasteiger charge is -2.08. The molecule has 18 heavy (non-hydrogen) atoms. The topological polar surface area (TPSA) is 35.8 Å². The number of aryl methyl sites for hydroxylation is 1. The summed E-state index contributed by atoms with van der Waals surface area (Å²) in [4.78, 5) is 1.33. The summed E-state index contributed by atoms with van der Waals surface area (Å²) in [5.74, 6) is 0. The lowest BCUT2D eigenvalue weighted by atomic mass is 10.2. The third-order valence-corrected chi connectivity index (χ3v) is 4.22. The molecule has 0 saturated heterocycles. The van der Waals surface area contributed by atoms with Gasteiger partial charge in [-0.2, -0.15) is 5.26 Å². The first kappa shape index (κ1) is 13.1. The van der Waals surface area contributed by atoms with Crippen LogP contribution in [0, 0.1) is 11.3 Å². The van der Waals surface area contributed by atoms with E-state index in [9.17, 15) is 0 Å². The third-order valence-electron chi connectivity index (χ3n) is 2.76. The van der Waals surface area contributed by atoms with Gasteiger partial charge in [-0.15, -0.1) is 11.3 Å². The Morgan fingerprint density at radius 1 is 1.39 bits per heavy atom. The molecular weight excluding hydrogens is 308 g/mol. The number of hydrogen-bond donors (Lipinski definition) is 1. The predicted molar refractivity (Wildman–Crippen MR) is 79.9 cm³/mol. The Kier molecular flexibility index (Phi) is 4.40. The van der Waals surface area contributed by atoms with E-state index in [1.54, 1.807) is 11.3 Å². The van der Waals surface area contributed by atoms with E-state index in [2.05, 4.69) is 45.7 Å². The second-order valence-electron chi connectivity index (χ2n) is 3.88. The summed E-state index contributed by atoms with van der Waals surface area (Å²) in [5, 5.41) is 14.5. The molecule has 0 fully saturated rings. The smallest absolute Gasteiger partial charge is 0.101 e. The summed E-state index contributed by atoms with van der Waals surface area (Å²) in [6.45, 7) is 2.93. The quantitative estimate of drug-likeness (QED) is 0.896. The molecule has 0 saturated carbocycles. The SMILES string of the molecule is CCc1ccsc1CNc1cc(Br)ccc1C#N. The molecule has 0 atom stereocenters. The largest absolute Gasteiger partial charge is 0.379 e. The summed E-state index contributed by atoms with van der Waals surface area (Å²) >= 11 is 5.18. The van der Waals surface area contributed by atoms with Gasteiger partial charge in [-0.05, 0) is 41.6 Å².